The molecule has 1 aromatic rings. The summed E-state index contributed by atoms with van der Waals surface area (Å²) in [6.45, 7) is 2.57. The van der Waals surface area contributed by atoms with Crippen molar-refractivity contribution in [3.8, 4) is 0 Å². The number of halogens is 4. The molecule has 0 bridgehead atoms. The number of carbonyl (C=O) groups is 1. The number of likely N-dealkylation sites (tertiary alicyclic amines) is 1. The molecule has 0 spiro atoms. The van der Waals surface area contributed by atoms with Gasteiger partial charge in [0.05, 0.1) is 54.9 Å². The van der Waals surface area contributed by atoms with E-state index in [0.717, 1.165) is 22.3 Å². The van der Waals surface area contributed by atoms with E-state index in [-0.39, 0.29) is 26.2 Å². The Hall–Kier alpha value is -3.64. The van der Waals surface area contributed by atoms with Crippen molar-refractivity contribution < 1.29 is 27.5 Å². The van der Waals surface area contributed by atoms with Crippen LogP contribution in [-0.4, -0.2) is 54.0 Å². The Labute approximate surface area is 212 Å². The third kappa shape index (κ3) is 3.74. The van der Waals surface area contributed by atoms with E-state index in [1.54, 1.807) is 46.2 Å². The maximum atomic E-state index is 13.6. The highest BCUT2D eigenvalue weighted by atomic mass is 19.3. The lowest BCUT2D eigenvalue weighted by atomic mass is 9.64. The number of carboxylic acids is 1. The minimum Gasteiger partial charge on any atom is -0.481 e. The van der Waals surface area contributed by atoms with E-state index >= 15 is 0 Å². The molecule has 1 atom stereocenters. The van der Waals surface area contributed by atoms with Gasteiger partial charge in [-0.05, 0) is 43.7 Å². The molecule has 0 saturated carbocycles. The monoisotopic (exact) mass is 509 g/mol. The van der Waals surface area contributed by atoms with Crippen LogP contribution in [0.2, 0.25) is 0 Å². The van der Waals surface area contributed by atoms with E-state index in [1.807, 2.05) is 32.1 Å². The van der Waals surface area contributed by atoms with E-state index in [2.05, 4.69) is 6.08 Å². The average Bonchev–Trinajstić information content (AvgIpc) is 2.81. The number of benzene rings is 1. The second-order valence-corrected chi connectivity index (χ2v) is 10.8. The first-order valence-electron chi connectivity index (χ1n) is 12.2. The zero-order chi connectivity index (χ0) is 26.3. The summed E-state index contributed by atoms with van der Waals surface area (Å²) in [4.78, 5) is 15.4. The van der Waals surface area contributed by atoms with Crippen molar-refractivity contribution in [3.05, 3.63) is 94.3 Å². The van der Waals surface area contributed by atoms with Crippen molar-refractivity contribution in [2.24, 2.45) is 5.92 Å². The van der Waals surface area contributed by atoms with Gasteiger partial charge < -0.3 is 14.9 Å². The molecule has 3 aliphatic carbocycles. The van der Waals surface area contributed by atoms with Crippen LogP contribution in [0.25, 0.3) is 5.57 Å². The molecule has 2 saturated heterocycles. The topological polar surface area (TPSA) is 43.8 Å². The quantitative estimate of drug-likeness (QED) is 0.431. The minimum atomic E-state index is -2.73. The maximum absolute atomic E-state index is 13.6. The third-order valence-electron chi connectivity index (χ3n) is 7.79. The van der Waals surface area contributed by atoms with Crippen molar-refractivity contribution in [3.63, 3.8) is 0 Å². The van der Waals surface area contributed by atoms with E-state index < -0.39 is 29.1 Å². The number of hydrogen-bond acceptors (Lipinski definition) is 3. The number of alkyl halides is 4. The second-order valence-electron chi connectivity index (χ2n) is 10.8. The van der Waals surface area contributed by atoms with Crippen molar-refractivity contribution >= 4 is 17.2 Å². The van der Waals surface area contributed by atoms with Crippen LogP contribution in [0.5, 0.6) is 0 Å². The molecule has 190 valence electrons. The van der Waals surface area contributed by atoms with Crippen LogP contribution in [0.15, 0.2) is 77.1 Å². The number of anilines is 1. The molecule has 2 heterocycles. The van der Waals surface area contributed by atoms with Gasteiger partial charge in [0, 0.05) is 22.9 Å². The predicted molar refractivity (Wildman–Crippen MR) is 132 cm³/mol. The Morgan fingerprint density at radius 2 is 1.70 bits per heavy atom. The van der Waals surface area contributed by atoms with Crippen LogP contribution < -0.4 is 4.90 Å². The molecule has 0 aromatic heterocycles. The molecule has 5 aliphatic rings. The first kappa shape index (κ1) is 23.7. The summed E-state index contributed by atoms with van der Waals surface area (Å²) >= 11 is 0. The van der Waals surface area contributed by atoms with Gasteiger partial charge in [-0.3, -0.25) is 4.79 Å². The Morgan fingerprint density at radius 1 is 1.03 bits per heavy atom. The lowest BCUT2D eigenvalue weighted by molar-refractivity contribution is -0.138. The highest BCUT2D eigenvalue weighted by Crippen LogP contribution is 2.52. The van der Waals surface area contributed by atoms with E-state index in [4.69, 9.17) is 0 Å². The van der Waals surface area contributed by atoms with Gasteiger partial charge in [0.15, 0.2) is 5.57 Å². The number of nitrogens with zero attached hydrogens (tertiary/aromatic N) is 2. The van der Waals surface area contributed by atoms with Gasteiger partial charge in [-0.1, -0.05) is 18.2 Å². The summed E-state index contributed by atoms with van der Waals surface area (Å²) in [7, 11) is 0. The third-order valence-corrected chi connectivity index (χ3v) is 7.79. The number of hydrogen-bond donors (Lipinski definition) is 1. The predicted octanol–water partition coefficient (Wildman–Crippen LogP) is 5.52. The van der Waals surface area contributed by atoms with Crippen molar-refractivity contribution in [1.82, 2.24) is 4.90 Å². The highest BCUT2D eigenvalue weighted by molar-refractivity contribution is 5.95. The number of fused-ring (bicyclic) bond motifs is 1. The number of aliphatic carboxylic acids is 1. The number of carboxylic acid groups (broad SMARTS) is 1. The lowest BCUT2D eigenvalue weighted by Gasteiger charge is -2.42. The molecule has 1 unspecified atom stereocenters. The summed E-state index contributed by atoms with van der Waals surface area (Å²) in [6.07, 6.45) is 13.8. The van der Waals surface area contributed by atoms with Gasteiger partial charge in [-0.2, -0.15) is 0 Å². The molecule has 1 N–H and O–H groups in total. The van der Waals surface area contributed by atoms with Crippen LogP contribution in [0.4, 0.5) is 23.2 Å². The summed E-state index contributed by atoms with van der Waals surface area (Å²) < 4.78 is 54.5. The largest absolute Gasteiger partial charge is 0.481 e. The van der Waals surface area contributed by atoms with Crippen LogP contribution in [0.3, 0.4) is 0 Å². The summed E-state index contributed by atoms with van der Waals surface area (Å²) in [6, 6.07) is 5.57. The molecule has 8 heteroatoms. The van der Waals surface area contributed by atoms with E-state index in [0.29, 0.717) is 22.5 Å². The molecule has 4 nitrogen and oxygen atoms in total. The van der Waals surface area contributed by atoms with Crippen molar-refractivity contribution in [1.29, 1.82) is 0 Å². The fraction of sp³-hybridized carbons (Fsp3) is 0.345. The molecule has 2 aliphatic heterocycles. The maximum Gasteiger partial charge on any atom is 0.315 e. The summed E-state index contributed by atoms with van der Waals surface area (Å²) in [5, 5.41) is 9.96. The van der Waals surface area contributed by atoms with Crippen LogP contribution in [0, 0.1) is 12.0 Å². The molecule has 6 rings (SSSR count). The van der Waals surface area contributed by atoms with E-state index in [9.17, 15) is 27.5 Å². The molecular formula is C29H25F4N2O2+. The fourth-order valence-electron chi connectivity index (χ4n) is 5.80. The number of rotatable bonds is 3. The molecule has 0 amide bonds. The highest BCUT2D eigenvalue weighted by Gasteiger charge is 2.50. The molecule has 1 aromatic carbocycles. The van der Waals surface area contributed by atoms with Gasteiger partial charge in [-0.25, -0.2) is 17.6 Å². The second kappa shape index (κ2) is 7.68. The standard InChI is InChI=1S/C29H24F4N2O2/c1-27(2)23-11-17(34-13-28(30,31)14-34)7-9-21(23)25(19-5-3-4-6-20(19)26(36)37)22-10-8-18(12-24(22)27)35-15-29(32,33)16-35/h3-9,11-12,20H,13-16H2,1-2H3/p+1. The summed E-state index contributed by atoms with van der Waals surface area (Å²) in [5.41, 5.74) is 5.20. The first-order valence-corrected chi connectivity index (χ1v) is 12.2. The zero-order valence-corrected chi connectivity index (χ0v) is 20.4. The lowest BCUT2D eigenvalue weighted by Crippen LogP contribution is -2.56. The summed E-state index contributed by atoms with van der Waals surface area (Å²) in [5.74, 6) is -7.32. The smallest absolute Gasteiger partial charge is 0.315 e. The molecule has 37 heavy (non-hydrogen) atoms. The Morgan fingerprint density at radius 3 is 2.35 bits per heavy atom. The zero-order valence-electron chi connectivity index (χ0n) is 20.4. The Bertz CT molecular complexity index is 1390. The average molecular weight is 510 g/mol. The van der Waals surface area contributed by atoms with Crippen LogP contribution in [0.1, 0.15) is 25.0 Å². The first-order chi connectivity index (χ1) is 17.4. The van der Waals surface area contributed by atoms with Gasteiger partial charge in [0.1, 0.15) is 11.6 Å². The minimum absolute atomic E-state index is 0.355. The molecular weight excluding hydrogens is 484 g/mol. The van der Waals surface area contributed by atoms with Gasteiger partial charge in [0.25, 0.3) is 11.8 Å². The van der Waals surface area contributed by atoms with Gasteiger partial charge in [0.2, 0.25) is 0 Å². The Kier molecular flexibility index (Phi) is 4.93. The number of allylic oxidation sites excluding steroid dienone is 9. The SMILES string of the molecule is CC1(C)C2=C([C+]=CC(N3CC(F)(F)C3)=C2)C(=C2C=CC=CC2C(=O)O)c2ccc(N3CC(F)(F)C3)cc21. The van der Waals surface area contributed by atoms with Gasteiger partial charge >= 0.3 is 5.97 Å². The van der Waals surface area contributed by atoms with E-state index in [1.165, 1.54) is 0 Å². The molecule has 0 radical (unpaired) electrons. The normalized spacial score (nSPS) is 28.1. The van der Waals surface area contributed by atoms with Gasteiger partial charge in [-0.15, -0.1) is 0 Å². The fourth-order valence-corrected chi connectivity index (χ4v) is 5.80. The van der Waals surface area contributed by atoms with Crippen LogP contribution in [-0.2, 0) is 10.2 Å². The Balaban J connectivity index is 1.54. The molecule has 2 fully saturated rings. The van der Waals surface area contributed by atoms with Crippen LogP contribution >= 0.6 is 0 Å². The van der Waals surface area contributed by atoms with Crippen molar-refractivity contribution in [2.45, 2.75) is 31.1 Å². The van der Waals surface area contributed by atoms with Crippen molar-refractivity contribution in [2.75, 3.05) is 31.1 Å².